The van der Waals surface area contributed by atoms with Crippen LogP contribution in [-0.2, 0) is 11.2 Å². The summed E-state index contributed by atoms with van der Waals surface area (Å²) in [6, 6.07) is 12.3. The number of amides is 1. The Balaban J connectivity index is 1.30. The molecule has 1 aliphatic carbocycles. The minimum atomic E-state index is -1.20. The zero-order valence-corrected chi connectivity index (χ0v) is 22.7. The van der Waals surface area contributed by atoms with Crippen molar-refractivity contribution in [2.24, 2.45) is 0 Å². The minimum Gasteiger partial charge on any atom is -0.497 e. The van der Waals surface area contributed by atoms with E-state index in [9.17, 15) is 15.0 Å². The van der Waals surface area contributed by atoms with Crippen molar-refractivity contribution in [3.8, 4) is 11.5 Å². The van der Waals surface area contributed by atoms with E-state index in [-0.39, 0.29) is 11.6 Å². The summed E-state index contributed by atoms with van der Waals surface area (Å²) in [6.45, 7) is -0.438. The number of nitrogens with one attached hydrogen (secondary N) is 2. The summed E-state index contributed by atoms with van der Waals surface area (Å²) >= 11 is 0. The van der Waals surface area contributed by atoms with Crippen LogP contribution >= 0.6 is 0 Å². The maximum absolute atomic E-state index is 13.3. The molecule has 214 valence electrons. The highest BCUT2D eigenvalue weighted by Crippen LogP contribution is 2.36. The number of carbonyl (C=O) groups excluding carboxylic acids is 1. The van der Waals surface area contributed by atoms with Gasteiger partial charge in [0.15, 0.2) is 23.2 Å². The summed E-state index contributed by atoms with van der Waals surface area (Å²) in [7, 11) is 2.99. The van der Waals surface area contributed by atoms with Crippen LogP contribution in [0.2, 0.25) is 0 Å². The lowest BCUT2D eigenvalue weighted by atomic mass is 9.88. The van der Waals surface area contributed by atoms with Gasteiger partial charge in [-0.05, 0) is 42.5 Å². The van der Waals surface area contributed by atoms with E-state index in [0.29, 0.717) is 28.5 Å². The minimum absolute atomic E-state index is 0.0819. The number of rotatable bonds is 8. The monoisotopic (exact) mass is 560 g/mol. The van der Waals surface area contributed by atoms with Crippen molar-refractivity contribution in [1.29, 1.82) is 0 Å². The molecule has 2 aromatic heterocycles. The van der Waals surface area contributed by atoms with Gasteiger partial charge in [0.1, 0.15) is 36.1 Å². The predicted octanol–water partition coefficient (Wildman–Crippen LogP) is 2.38. The molecule has 0 spiro atoms. The van der Waals surface area contributed by atoms with Gasteiger partial charge in [0.25, 0.3) is 5.91 Å². The number of aromatic nitrogens is 4. The molecule has 1 fully saturated rings. The molecule has 4 N–H and O–H groups in total. The highest BCUT2D eigenvalue weighted by Gasteiger charge is 2.46. The third-order valence-corrected chi connectivity index (χ3v) is 7.77. The fourth-order valence-electron chi connectivity index (χ4n) is 5.68. The third-order valence-electron chi connectivity index (χ3n) is 7.77. The van der Waals surface area contributed by atoms with Gasteiger partial charge >= 0.3 is 0 Å². The van der Waals surface area contributed by atoms with E-state index in [2.05, 4.69) is 43.8 Å². The van der Waals surface area contributed by atoms with Crippen LogP contribution in [0.5, 0.6) is 11.5 Å². The molecule has 0 unspecified atom stereocenters. The Labute approximate surface area is 236 Å². The van der Waals surface area contributed by atoms with E-state index in [1.165, 1.54) is 31.7 Å². The van der Waals surface area contributed by atoms with Crippen LogP contribution in [0.3, 0.4) is 0 Å². The molecule has 0 saturated carbocycles. The number of ether oxygens (including phenoxy) is 3. The van der Waals surface area contributed by atoms with Crippen molar-refractivity contribution in [3.63, 3.8) is 0 Å². The number of imidazole rings is 1. The number of anilines is 1. The summed E-state index contributed by atoms with van der Waals surface area (Å²) in [4.78, 5) is 26.8. The third kappa shape index (κ3) is 5.05. The average Bonchev–Trinajstić information content (AvgIpc) is 3.58. The Morgan fingerprint density at radius 3 is 2.66 bits per heavy atom. The number of aliphatic hydroxyl groups is 2. The molecule has 6 rings (SSSR count). The van der Waals surface area contributed by atoms with Gasteiger partial charge < -0.3 is 35.1 Å². The maximum atomic E-state index is 13.3. The lowest BCUT2D eigenvalue weighted by Gasteiger charge is -2.26. The fourth-order valence-corrected chi connectivity index (χ4v) is 5.68. The first-order valence-electron chi connectivity index (χ1n) is 13.5. The van der Waals surface area contributed by atoms with E-state index in [1.54, 1.807) is 29.1 Å². The number of hydrogen-bond donors (Lipinski definition) is 4. The first-order chi connectivity index (χ1) is 20.0. The molecule has 1 aliphatic heterocycles. The fraction of sp³-hybridized carbons (Fsp3) is 0.379. The van der Waals surface area contributed by atoms with Crippen LogP contribution < -0.4 is 20.1 Å². The summed E-state index contributed by atoms with van der Waals surface area (Å²) in [5, 5.41) is 27.3. The van der Waals surface area contributed by atoms with Gasteiger partial charge in [-0.25, -0.2) is 15.0 Å². The largest absolute Gasteiger partial charge is 0.497 e. The second-order valence-corrected chi connectivity index (χ2v) is 10.2. The van der Waals surface area contributed by atoms with Crippen LogP contribution in [0.1, 0.15) is 46.6 Å². The second-order valence-electron chi connectivity index (χ2n) is 10.2. The topological polar surface area (TPSA) is 153 Å². The molecular weight excluding hydrogens is 528 g/mol. The zero-order chi connectivity index (χ0) is 28.5. The first kappa shape index (κ1) is 26.9. The number of fused-ring (bicyclic) bond motifs is 2. The zero-order valence-electron chi connectivity index (χ0n) is 22.7. The summed E-state index contributed by atoms with van der Waals surface area (Å²) in [5.74, 6) is 0.994. The van der Waals surface area contributed by atoms with Crippen LogP contribution in [0, 0.1) is 0 Å². The molecular formula is C29H32N6O6. The van der Waals surface area contributed by atoms with E-state index >= 15 is 0 Å². The number of aliphatic hydroxyl groups excluding tert-OH is 2. The van der Waals surface area contributed by atoms with Gasteiger partial charge in [0, 0.05) is 11.6 Å². The van der Waals surface area contributed by atoms with Gasteiger partial charge in [-0.1, -0.05) is 24.3 Å². The predicted molar refractivity (Wildman–Crippen MR) is 149 cm³/mol. The average molecular weight is 561 g/mol. The summed E-state index contributed by atoms with van der Waals surface area (Å²) in [6.07, 6.45) is 3.04. The Hall–Kier alpha value is -4.26. The van der Waals surface area contributed by atoms with E-state index in [1.807, 2.05) is 6.07 Å². The van der Waals surface area contributed by atoms with Gasteiger partial charge in [0.2, 0.25) is 0 Å². The van der Waals surface area contributed by atoms with Crippen LogP contribution in [0.25, 0.3) is 11.2 Å². The molecule has 0 radical (unpaired) electrons. The number of carbonyl (C=O) groups is 1. The molecule has 5 atom stereocenters. The smallest absolute Gasteiger partial charge is 0.252 e. The van der Waals surface area contributed by atoms with Crippen molar-refractivity contribution < 1.29 is 29.2 Å². The van der Waals surface area contributed by atoms with E-state index in [4.69, 9.17) is 14.2 Å². The lowest BCUT2D eigenvalue weighted by Crippen LogP contribution is -2.46. The van der Waals surface area contributed by atoms with Crippen molar-refractivity contribution in [3.05, 3.63) is 71.8 Å². The van der Waals surface area contributed by atoms with Gasteiger partial charge in [-0.2, -0.15) is 0 Å². The highest BCUT2D eigenvalue weighted by atomic mass is 16.5. The normalized spacial score (nSPS) is 23.7. The molecule has 41 heavy (non-hydrogen) atoms. The number of nitrogens with zero attached hydrogens (tertiary/aromatic N) is 4. The summed E-state index contributed by atoms with van der Waals surface area (Å²) < 4.78 is 18.2. The molecule has 2 aliphatic rings. The Morgan fingerprint density at radius 1 is 1.12 bits per heavy atom. The van der Waals surface area contributed by atoms with E-state index < -0.39 is 37.0 Å². The number of methoxy groups -OCH3 is 2. The quantitative estimate of drug-likeness (QED) is 0.253. The Bertz CT molecular complexity index is 1540. The van der Waals surface area contributed by atoms with Gasteiger partial charge in [-0.3, -0.25) is 9.36 Å². The Morgan fingerprint density at radius 2 is 1.90 bits per heavy atom. The second kappa shape index (κ2) is 11.3. The van der Waals surface area contributed by atoms with E-state index in [0.717, 1.165) is 19.3 Å². The molecule has 0 bridgehead atoms. The number of aryl methyl sites for hydroxylation is 1. The van der Waals surface area contributed by atoms with Crippen molar-refractivity contribution in [2.45, 2.75) is 49.8 Å². The molecule has 12 heteroatoms. The van der Waals surface area contributed by atoms with Gasteiger partial charge in [0.05, 0.1) is 33.2 Å². The SMILES string of the molecule is COc1cc(OC)cc(C(=O)N[C@@H]2[C@H](O)[C@@H](CO)O[C@H]2n2cnc3c(N[C@@H]4CCCc5ccccc54)ncnc32)c1. The number of benzene rings is 2. The molecule has 2 aromatic carbocycles. The molecule has 12 nitrogen and oxygen atoms in total. The maximum Gasteiger partial charge on any atom is 0.252 e. The van der Waals surface area contributed by atoms with Crippen LogP contribution in [0.4, 0.5) is 5.82 Å². The highest BCUT2D eigenvalue weighted by molar-refractivity contribution is 5.95. The number of hydrogen-bond acceptors (Lipinski definition) is 10. The molecule has 3 heterocycles. The molecule has 1 saturated heterocycles. The van der Waals surface area contributed by atoms with Crippen molar-refractivity contribution in [1.82, 2.24) is 24.8 Å². The van der Waals surface area contributed by atoms with Crippen molar-refractivity contribution in [2.75, 3.05) is 26.1 Å². The van der Waals surface area contributed by atoms with Crippen LogP contribution in [0.15, 0.2) is 55.1 Å². The Kier molecular flexibility index (Phi) is 7.43. The molecule has 4 aromatic rings. The van der Waals surface area contributed by atoms with Crippen LogP contribution in [-0.4, -0.2) is 74.7 Å². The molecule has 1 amide bonds. The summed E-state index contributed by atoms with van der Waals surface area (Å²) in [5.41, 5.74) is 3.84. The first-order valence-corrected chi connectivity index (χ1v) is 13.5. The van der Waals surface area contributed by atoms with Crippen molar-refractivity contribution >= 4 is 22.9 Å². The standard InChI is InChI=1S/C29H32N6O6/c1-39-18-10-17(11-19(12-18)40-2)28(38)34-23-25(37)22(13-36)41-29(23)35-15-32-24-26(30-14-31-27(24)35)33-21-9-5-7-16-6-3-4-8-20(16)21/h3-4,6,8,10-12,14-15,21-23,25,29,36-37H,5,7,9,13H2,1-2H3,(H,34,38)(H,30,31,33)/t21-,22-,23-,25-,29-/m1/s1. The lowest BCUT2D eigenvalue weighted by molar-refractivity contribution is -0.0440. The van der Waals surface area contributed by atoms with Gasteiger partial charge in [-0.15, -0.1) is 0 Å².